The molecule has 0 radical (unpaired) electrons. The van der Waals surface area contributed by atoms with Crippen LogP contribution in [0.4, 0.5) is 0 Å². The summed E-state index contributed by atoms with van der Waals surface area (Å²) < 4.78 is 0. The van der Waals surface area contributed by atoms with E-state index in [9.17, 15) is 4.79 Å². The van der Waals surface area contributed by atoms with Gasteiger partial charge >= 0.3 is 0 Å². The Morgan fingerprint density at radius 1 is 1.12 bits per heavy atom. The fraction of sp³-hybridized carbons (Fsp3) is 0.917. The van der Waals surface area contributed by atoms with Crippen LogP contribution in [-0.4, -0.2) is 38.6 Å². The predicted molar refractivity (Wildman–Crippen MR) is 64.2 cm³/mol. The van der Waals surface area contributed by atoms with Crippen LogP contribution in [0.15, 0.2) is 0 Å². The van der Waals surface area contributed by atoms with E-state index in [4.69, 9.17) is 0 Å². The Bertz CT molecular complexity index is 222. The molecule has 1 aliphatic heterocycles. The van der Waals surface area contributed by atoms with Crippen molar-refractivity contribution in [2.45, 2.75) is 25.7 Å². The van der Waals surface area contributed by atoms with E-state index in [0.29, 0.717) is 5.92 Å². The molecule has 1 aliphatic carbocycles. The minimum atomic E-state index is 0.253. The Morgan fingerprint density at radius 2 is 1.88 bits per heavy atom. The molecule has 0 aromatic heterocycles. The molecule has 1 saturated heterocycles. The van der Waals surface area contributed by atoms with Crippen LogP contribution < -0.4 is 16.0 Å². The van der Waals surface area contributed by atoms with E-state index < -0.39 is 0 Å². The summed E-state index contributed by atoms with van der Waals surface area (Å²) in [6, 6.07) is 0. The lowest BCUT2D eigenvalue weighted by Crippen LogP contribution is -2.37. The predicted octanol–water partition coefficient (Wildman–Crippen LogP) is 0.102. The summed E-state index contributed by atoms with van der Waals surface area (Å²) in [5.41, 5.74) is 0. The number of piperidine rings is 1. The van der Waals surface area contributed by atoms with Crippen LogP contribution in [0.2, 0.25) is 0 Å². The molecule has 16 heavy (non-hydrogen) atoms. The van der Waals surface area contributed by atoms with E-state index in [0.717, 1.165) is 51.5 Å². The lowest BCUT2D eigenvalue weighted by atomic mass is 9.98. The summed E-state index contributed by atoms with van der Waals surface area (Å²) in [5, 5.41) is 9.76. The van der Waals surface area contributed by atoms with Crippen LogP contribution in [0, 0.1) is 11.8 Å². The van der Waals surface area contributed by atoms with Gasteiger partial charge in [0.05, 0.1) is 0 Å². The topological polar surface area (TPSA) is 53.2 Å². The maximum atomic E-state index is 11.3. The van der Waals surface area contributed by atoms with Crippen LogP contribution in [0.25, 0.3) is 0 Å². The van der Waals surface area contributed by atoms with E-state index >= 15 is 0 Å². The van der Waals surface area contributed by atoms with Gasteiger partial charge in [-0.25, -0.2) is 0 Å². The smallest absolute Gasteiger partial charge is 0.223 e. The molecular formula is C12H23N3O. The van der Waals surface area contributed by atoms with E-state index in [1.54, 1.807) is 0 Å². The Kier molecular flexibility index (Phi) is 4.60. The van der Waals surface area contributed by atoms with Gasteiger partial charge in [-0.1, -0.05) is 0 Å². The Labute approximate surface area is 97.6 Å². The molecule has 0 aromatic carbocycles. The molecule has 1 saturated carbocycles. The fourth-order valence-corrected chi connectivity index (χ4v) is 2.16. The average molecular weight is 225 g/mol. The lowest BCUT2D eigenvalue weighted by Gasteiger charge is -2.22. The number of carbonyl (C=O) groups is 1. The van der Waals surface area contributed by atoms with Crippen molar-refractivity contribution in [2.24, 2.45) is 11.8 Å². The second-order valence-electron chi connectivity index (χ2n) is 4.96. The number of hydrogen-bond donors (Lipinski definition) is 3. The van der Waals surface area contributed by atoms with Gasteiger partial charge in [-0.3, -0.25) is 4.79 Å². The maximum Gasteiger partial charge on any atom is 0.223 e. The van der Waals surface area contributed by atoms with Crippen molar-refractivity contribution < 1.29 is 4.79 Å². The number of rotatable bonds is 6. The molecule has 2 rings (SSSR count). The highest BCUT2D eigenvalue weighted by atomic mass is 16.2. The van der Waals surface area contributed by atoms with Crippen LogP contribution >= 0.6 is 0 Å². The first-order valence-corrected chi connectivity index (χ1v) is 6.55. The molecule has 0 aromatic rings. The van der Waals surface area contributed by atoms with Crippen molar-refractivity contribution in [1.29, 1.82) is 0 Å². The minimum Gasteiger partial charge on any atom is -0.355 e. The van der Waals surface area contributed by atoms with Crippen LogP contribution in [0.1, 0.15) is 25.7 Å². The van der Waals surface area contributed by atoms with Crippen molar-refractivity contribution >= 4 is 5.91 Å². The Hall–Kier alpha value is -0.610. The average Bonchev–Trinajstić information content (AvgIpc) is 3.13. The molecule has 2 fully saturated rings. The quantitative estimate of drug-likeness (QED) is 0.562. The molecule has 4 heteroatoms. The third-order valence-electron chi connectivity index (χ3n) is 3.44. The zero-order chi connectivity index (χ0) is 11.2. The van der Waals surface area contributed by atoms with Gasteiger partial charge in [0.15, 0.2) is 0 Å². The van der Waals surface area contributed by atoms with E-state index in [2.05, 4.69) is 16.0 Å². The van der Waals surface area contributed by atoms with Crippen molar-refractivity contribution in [1.82, 2.24) is 16.0 Å². The SMILES string of the molecule is O=C(NCCNCC1CCNCC1)C1CC1. The highest BCUT2D eigenvalue weighted by Crippen LogP contribution is 2.28. The van der Waals surface area contributed by atoms with Crippen molar-refractivity contribution in [3.63, 3.8) is 0 Å². The molecule has 0 atom stereocenters. The summed E-state index contributed by atoms with van der Waals surface area (Å²) in [6.07, 6.45) is 4.74. The number of amides is 1. The van der Waals surface area contributed by atoms with Gasteiger partial charge in [-0.15, -0.1) is 0 Å². The van der Waals surface area contributed by atoms with Gasteiger partial charge in [-0.05, 0) is 51.2 Å². The first-order valence-electron chi connectivity index (χ1n) is 6.55. The maximum absolute atomic E-state index is 11.3. The zero-order valence-corrected chi connectivity index (χ0v) is 9.93. The molecule has 1 heterocycles. The molecule has 0 spiro atoms. The molecule has 4 nitrogen and oxygen atoms in total. The second-order valence-corrected chi connectivity index (χ2v) is 4.96. The summed E-state index contributed by atoms with van der Waals surface area (Å²) in [7, 11) is 0. The Balaban J connectivity index is 1.43. The van der Waals surface area contributed by atoms with E-state index in [1.165, 1.54) is 12.8 Å². The standard InChI is InChI=1S/C12H23N3O/c16-12(11-1-2-11)15-8-7-14-9-10-3-5-13-6-4-10/h10-11,13-14H,1-9H2,(H,15,16). The second kappa shape index (κ2) is 6.21. The minimum absolute atomic E-state index is 0.253. The van der Waals surface area contributed by atoms with Crippen LogP contribution in [0.3, 0.4) is 0 Å². The van der Waals surface area contributed by atoms with E-state index in [1.807, 2.05) is 0 Å². The number of nitrogens with one attached hydrogen (secondary N) is 3. The zero-order valence-electron chi connectivity index (χ0n) is 9.93. The summed E-state index contributed by atoms with van der Waals surface area (Å²) in [4.78, 5) is 11.3. The molecular weight excluding hydrogens is 202 g/mol. The number of hydrogen-bond acceptors (Lipinski definition) is 3. The third-order valence-corrected chi connectivity index (χ3v) is 3.44. The molecule has 0 bridgehead atoms. The van der Waals surface area contributed by atoms with Gasteiger partial charge in [0.2, 0.25) is 5.91 Å². The van der Waals surface area contributed by atoms with Gasteiger partial charge < -0.3 is 16.0 Å². The lowest BCUT2D eigenvalue weighted by molar-refractivity contribution is -0.122. The highest BCUT2D eigenvalue weighted by molar-refractivity contribution is 5.80. The van der Waals surface area contributed by atoms with E-state index in [-0.39, 0.29) is 5.91 Å². The van der Waals surface area contributed by atoms with Crippen LogP contribution in [0.5, 0.6) is 0 Å². The first kappa shape index (κ1) is 11.9. The van der Waals surface area contributed by atoms with Crippen LogP contribution in [-0.2, 0) is 4.79 Å². The van der Waals surface area contributed by atoms with Gasteiger partial charge in [0.1, 0.15) is 0 Å². The summed E-state index contributed by atoms with van der Waals surface area (Å²) >= 11 is 0. The number of carbonyl (C=O) groups excluding carboxylic acids is 1. The fourth-order valence-electron chi connectivity index (χ4n) is 2.16. The Morgan fingerprint density at radius 3 is 2.56 bits per heavy atom. The summed E-state index contributed by atoms with van der Waals surface area (Å²) in [6.45, 7) is 5.10. The molecule has 92 valence electrons. The third kappa shape index (κ3) is 4.10. The normalized spacial score (nSPS) is 22.0. The largest absolute Gasteiger partial charge is 0.355 e. The monoisotopic (exact) mass is 225 g/mol. The van der Waals surface area contributed by atoms with Gasteiger partial charge in [0, 0.05) is 19.0 Å². The molecule has 0 unspecified atom stereocenters. The van der Waals surface area contributed by atoms with Crippen molar-refractivity contribution in [2.75, 3.05) is 32.7 Å². The van der Waals surface area contributed by atoms with Crippen molar-refractivity contribution in [3.05, 3.63) is 0 Å². The van der Waals surface area contributed by atoms with Gasteiger partial charge in [-0.2, -0.15) is 0 Å². The van der Waals surface area contributed by atoms with Gasteiger partial charge in [0.25, 0.3) is 0 Å². The summed E-state index contributed by atoms with van der Waals surface area (Å²) in [5.74, 6) is 1.41. The molecule has 2 aliphatic rings. The molecule has 1 amide bonds. The van der Waals surface area contributed by atoms with Crippen molar-refractivity contribution in [3.8, 4) is 0 Å². The molecule has 3 N–H and O–H groups in total. The highest BCUT2D eigenvalue weighted by Gasteiger charge is 2.28. The first-order chi connectivity index (χ1) is 7.86.